The summed E-state index contributed by atoms with van der Waals surface area (Å²) in [6, 6.07) is 11.5. The van der Waals surface area contributed by atoms with Crippen molar-refractivity contribution in [3.63, 3.8) is 0 Å². The van der Waals surface area contributed by atoms with Gasteiger partial charge in [0.15, 0.2) is 0 Å². The van der Waals surface area contributed by atoms with E-state index in [1.165, 1.54) is 12.1 Å². The van der Waals surface area contributed by atoms with Crippen LogP contribution in [0.3, 0.4) is 0 Å². The number of carbonyl (C=O) groups excluding carboxylic acids is 1. The van der Waals surface area contributed by atoms with E-state index in [4.69, 9.17) is 16.3 Å². The molecule has 116 valence electrons. The number of hydrogen-bond donors (Lipinski definition) is 1. The molecule has 2 aromatic carbocycles. The van der Waals surface area contributed by atoms with Crippen LogP contribution in [0.4, 0.5) is 4.39 Å². The molecule has 0 aromatic heterocycles. The molecule has 0 spiro atoms. The second-order valence-electron chi connectivity index (χ2n) is 4.97. The largest absolute Gasteiger partial charge is 0.497 e. The van der Waals surface area contributed by atoms with Gasteiger partial charge in [-0.3, -0.25) is 4.79 Å². The summed E-state index contributed by atoms with van der Waals surface area (Å²) in [7, 11) is 1.60. The summed E-state index contributed by atoms with van der Waals surface area (Å²) in [6.45, 7) is 1.87. The molecule has 0 fully saturated rings. The van der Waals surface area contributed by atoms with Crippen molar-refractivity contribution in [2.24, 2.45) is 0 Å². The van der Waals surface area contributed by atoms with Crippen molar-refractivity contribution in [1.82, 2.24) is 5.32 Å². The highest BCUT2D eigenvalue weighted by atomic mass is 35.5. The van der Waals surface area contributed by atoms with E-state index < -0.39 is 5.82 Å². The monoisotopic (exact) mass is 321 g/mol. The molecule has 0 saturated carbocycles. The average molecular weight is 322 g/mol. The summed E-state index contributed by atoms with van der Waals surface area (Å²) in [5.41, 5.74) is 1.27. The molecule has 0 heterocycles. The number of ether oxygens (including phenoxy) is 1. The molecule has 0 unspecified atom stereocenters. The number of nitrogens with one attached hydrogen (secondary N) is 1. The van der Waals surface area contributed by atoms with Gasteiger partial charge in [-0.05, 0) is 42.3 Å². The fourth-order valence-corrected chi connectivity index (χ4v) is 2.27. The fourth-order valence-electron chi connectivity index (χ4n) is 2.11. The van der Waals surface area contributed by atoms with Gasteiger partial charge in [-0.2, -0.15) is 0 Å². The number of halogens is 2. The lowest BCUT2D eigenvalue weighted by Crippen LogP contribution is -2.28. The van der Waals surface area contributed by atoms with Crippen LogP contribution in [0, 0.1) is 5.82 Å². The molecule has 0 aliphatic carbocycles. The van der Waals surface area contributed by atoms with Crippen molar-refractivity contribution in [3.8, 4) is 5.75 Å². The van der Waals surface area contributed by atoms with E-state index in [2.05, 4.69) is 5.32 Å². The number of rotatable bonds is 5. The molecule has 0 radical (unpaired) electrons. The van der Waals surface area contributed by atoms with Gasteiger partial charge in [-0.15, -0.1) is 0 Å². The maximum absolute atomic E-state index is 13.7. The lowest BCUT2D eigenvalue weighted by molar-refractivity contribution is -0.121. The van der Waals surface area contributed by atoms with Crippen molar-refractivity contribution in [1.29, 1.82) is 0 Å². The Labute approximate surface area is 134 Å². The Hall–Kier alpha value is -2.07. The Morgan fingerprint density at radius 3 is 2.55 bits per heavy atom. The van der Waals surface area contributed by atoms with Crippen LogP contribution in [0.2, 0.25) is 5.02 Å². The van der Waals surface area contributed by atoms with Crippen LogP contribution < -0.4 is 10.1 Å². The van der Waals surface area contributed by atoms with Gasteiger partial charge < -0.3 is 10.1 Å². The molecule has 0 bridgehead atoms. The molecule has 22 heavy (non-hydrogen) atoms. The smallest absolute Gasteiger partial charge is 0.225 e. The van der Waals surface area contributed by atoms with Gasteiger partial charge in [-0.1, -0.05) is 29.8 Å². The highest BCUT2D eigenvalue weighted by molar-refractivity contribution is 6.30. The van der Waals surface area contributed by atoms with Gasteiger partial charge in [0, 0.05) is 5.02 Å². The molecule has 1 N–H and O–H groups in total. The zero-order chi connectivity index (χ0) is 16.1. The molecule has 0 aliphatic rings. The Morgan fingerprint density at radius 2 is 1.95 bits per heavy atom. The van der Waals surface area contributed by atoms with Gasteiger partial charge in [0.25, 0.3) is 0 Å². The maximum Gasteiger partial charge on any atom is 0.225 e. The van der Waals surface area contributed by atoms with Crippen LogP contribution in [-0.4, -0.2) is 13.0 Å². The Kier molecular flexibility index (Phi) is 5.39. The Morgan fingerprint density at radius 1 is 1.27 bits per heavy atom. The van der Waals surface area contributed by atoms with Crippen molar-refractivity contribution in [3.05, 3.63) is 64.4 Å². The van der Waals surface area contributed by atoms with Crippen LogP contribution in [-0.2, 0) is 11.2 Å². The number of amides is 1. The van der Waals surface area contributed by atoms with Gasteiger partial charge in [0.1, 0.15) is 11.6 Å². The first kappa shape index (κ1) is 16.3. The predicted octanol–water partition coefficient (Wildman–Crippen LogP) is 3.91. The average Bonchev–Trinajstić information content (AvgIpc) is 2.50. The second-order valence-corrected chi connectivity index (χ2v) is 5.41. The number of benzene rings is 2. The third-order valence-electron chi connectivity index (χ3n) is 3.36. The van der Waals surface area contributed by atoms with E-state index in [9.17, 15) is 9.18 Å². The summed E-state index contributed by atoms with van der Waals surface area (Å²) < 4.78 is 18.8. The SMILES string of the molecule is COc1ccc([C@@H](C)NC(=O)Cc2ccc(Cl)cc2F)cc1. The van der Waals surface area contributed by atoms with Crippen LogP contribution in [0.5, 0.6) is 5.75 Å². The molecule has 0 aliphatic heterocycles. The Balaban J connectivity index is 1.98. The first-order valence-corrected chi connectivity index (χ1v) is 7.24. The van der Waals surface area contributed by atoms with Crippen LogP contribution in [0.25, 0.3) is 0 Å². The van der Waals surface area contributed by atoms with Crippen molar-refractivity contribution in [2.75, 3.05) is 7.11 Å². The molecule has 1 amide bonds. The minimum atomic E-state index is -0.472. The fraction of sp³-hybridized carbons (Fsp3) is 0.235. The molecule has 2 aromatic rings. The summed E-state index contributed by atoms with van der Waals surface area (Å²) in [5, 5.41) is 3.16. The zero-order valence-electron chi connectivity index (χ0n) is 12.4. The van der Waals surface area contributed by atoms with E-state index in [0.717, 1.165) is 11.3 Å². The predicted molar refractivity (Wildman–Crippen MR) is 84.7 cm³/mol. The second kappa shape index (κ2) is 7.27. The lowest BCUT2D eigenvalue weighted by atomic mass is 10.1. The summed E-state index contributed by atoms with van der Waals surface area (Å²) in [6.07, 6.45) is -0.0243. The number of hydrogen-bond acceptors (Lipinski definition) is 2. The topological polar surface area (TPSA) is 38.3 Å². The van der Waals surface area contributed by atoms with Crippen molar-refractivity contribution in [2.45, 2.75) is 19.4 Å². The van der Waals surface area contributed by atoms with E-state index in [1.54, 1.807) is 13.2 Å². The van der Waals surface area contributed by atoms with E-state index in [1.807, 2.05) is 31.2 Å². The van der Waals surface area contributed by atoms with E-state index in [-0.39, 0.29) is 18.4 Å². The number of carbonyl (C=O) groups is 1. The van der Waals surface area contributed by atoms with Crippen LogP contribution >= 0.6 is 11.6 Å². The van der Waals surface area contributed by atoms with Crippen LogP contribution in [0.15, 0.2) is 42.5 Å². The maximum atomic E-state index is 13.7. The molecular formula is C17H17ClFNO2. The van der Waals surface area contributed by atoms with Gasteiger partial charge in [0.2, 0.25) is 5.91 Å². The van der Waals surface area contributed by atoms with E-state index >= 15 is 0 Å². The highest BCUT2D eigenvalue weighted by Gasteiger charge is 2.12. The Bertz CT molecular complexity index is 658. The summed E-state index contributed by atoms with van der Waals surface area (Å²) in [5.74, 6) is 0.0369. The normalized spacial score (nSPS) is 11.8. The third-order valence-corrected chi connectivity index (χ3v) is 3.59. The standard InChI is InChI=1S/C17H17ClFNO2/c1-11(12-4-7-15(22-2)8-5-12)20-17(21)9-13-3-6-14(18)10-16(13)19/h3-8,10-11H,9H2,1-2H3,(H,20,21)/t11-/m1/s1. The molecule has 0 saturated heterocycles. The first-order valence-electron chi connectivity index (χ1n) is 6.87. The van der Waals surface area contributed by atoms with Gasteiger partial charge in [0.05, 0.1) is 19.6 Å². The molecule has 3 nitrogen and oxygen atoms in total. The van der Waals surface area contributed by atoms with Crippen molar-refractivity contribution < 1.29 is 13.9 Å². The quantitative estimate of drug-likeness (QED) is 0.906. The van der Waals surface area contributed by atoms with Gasteiger partial charge in [-0.25, -0.2) is 4.39 Å². The number of methoxy groups -OCH3 is 1. The zero-order valence-corrected chi connectivity index (χ0v) is 13.2. The third kappa shape index (κ3) is 4.21. The molecule has 1 atom stereocenters. The minimum Gasteiger partial charge on any atom is -0.497 e. The van der Waals surface area contributed by atoms with E-state index in [0.29, 0.717) is 10.6 Å². The summed E-state index contributed by atoms with van der Waals surface area (Å²) >= 11 is 5.69. The minimum absolute atomic E-state index is 0.0243. The highest BCUT2D eigenvalue weighted by Crippen LogP contribution is 2.18. The molecular weight excluding hydrogens is 305 g/mol. The summed E-state index contributed by atoms with van der Waals surface area (Å²) in [4.78, 5) is 12.0. The molecule has 5 heteroatoms. The van der Waals surface area contributed by atoms with Gasteiger partial charge >= 0.3 is 0 Å². The van der Waals surface area contributed by atoms with Crippen LogP contribution in [0.1, 0.15) is 24.1 Å². The van der Waals surface area contributed by atoms with Crippen molar-refractivity contribution >= 4 is 17.5 Å². The first-order chi connectivity index (χ1) is 10.5. The molecule has 2 rings (SSSR count). The lowest BCUT2D eigenvalue weighted by Gasteiger charge is -2.15.